The molecular weight excluding hydrogens is 308 g/mol. The molecule has 0 radical (unpaired) electrons. The van der Waals surface area contributed by atoms with Gasteiger partial charge >= 0.3 is 5.63 Å². The van der Waals surface area contributed by atoms with Crippen LogP contribution in [0.5, 0.6) is 5.75 Å². The van der Waals surface area contributed by atoms with Gasteiger partial charge in [0.25, 0.3) is 0 Å². The molecule has 5 heteroatoms. The standard InChI is InChI=1S/C19H16O5/c1-3-22-16-9-7-14-12(2)11-17(21)24-19(14)18(16)15(20)8-6-13-5-4-10-23-13/h4-11H,3H2,1-2H3/b8-6+. The maximum atomic E-state index is 12.7. The number of carbonyl (C=O) groups is 1. The molecule has 122 valence electrons. The van der Waals surface area contributed by atoms with E-state index in [0.29, 0.717) is 23.5 Å². The number of allylic oxidation sites excluding steroid dienone is 1. The minimum absolute atomic E-state index is 0.234. The van der Waals surface area contributed by atoms with Crippen molar-refractivity contribution in [3.63, 3.8) is 0 Å². The molecule has 3 aromatic rings. The number of ether oxygens (including phenoxy) is 1. The fourth-order valence-corrected chi connectivity index (χ4v) is 2.50. The van der Waals surface area contributed by atoms with Gasteiger partial charge in [0.15, 0.2) is 11.4 Å². The van der Waals surface area contributed by atoms with Crippen molar-refractivity contribution in [3.05, 3.63) is 70.0 Å². The van der Waals surface area contributed by atoms with Crippen LogP contribution in [0.1, 0.15) is 28.6 Å². The molecule has 0 bridgehead atoms. The van der Waals surface area contributed by atoms with Crippen LogP contribution in [0.3, 0.4) is 0 Å². The molecule has 3 rings (SSSR count). The van der Waals surface area contributed by atoms with Crippen LogP contribution in [0.4, 0.5) is 0 Å². The predicted octanol–water partition coefficient (Wildman–Crippen LogP) is 3.99. The van der Waals surface area contributed by atoms with E-state index in [9.17, 15) is 9.59 Å². The number of hydrogen-bond acceptors (Lipinski definition) is 5. The molecule has 0 spiro atoms. The predicted molar refractivity (Wildman–Crippen MR) is 90.5 cm³/mol. The second-order valence-corrected chi connectivity index (χ2v) is 5.21. The number of ketones is 1. The molecule has 0 aliphatic carbocycles. The van der Waals surface area contributed by atoms with Gasteiger partial charge in [-0.3, -0.25) is 4.79 Å². The molecular formula is C19H16O5. The van der Waals surface area contributed by atoms with Gasteiger partial charge in [0.2, 0.25) is 0 Å². The van der Waals surface area contributed by atoms with Gasteiger partial charge in [-0.15, -0.1) is 0 Å². The topological polar surface area (TPSA) is 69.7 Å². The Bertz CT molecular complexity index is 961. The molecule has 24 heavy (non-hydrogen) atoms. The summed E-state index contributed by atoms with van der Waals surface area (Å²) in [4.78, 5) is 24.4. The first kappa shape index (κ1) is 15.8. The Kier molecular flexibility index (Phi) is 4.33. The van der Waals surface area contributed by atoms with E-state index in [1.54, 1.807) is 37.3 Å². The lowest BCUT2D eigenvalue weighted by atomic mass is 10.0. The summed E-state index contributed by atoms with van der Waals surface area (Å²) in [5.74, 6) is 0.612. The minimum atomic E-state index is -0.502. The average Bonchev–Trinajstić information content (AvgIpc) is 3.06. The maximum absolute atomic E-state index is 12.7. The van der Waals surface area contributed by atoms with Crippen molar-refractivity contribution in [1.29, 1.82) is 0 Å². The molecule has 0 amide bonds. The number of furan rings is 1. The normalized spacial score (nSPS) is 11.2. The summed E-state index contributed by atoms with van der Waals surface area (Å²) < 4.78 is 16.0. The monoisotopic (exact) mass is 324 g/mol. The molecule has 0 aliphatic heterocycles. The molecule has 0 saturated heterocycles. The van der Waals surface area contributed by atoms with Crippen LogP contribution in [0.15, 0.2) is 56.3 Å². The molecule has 0 unspecified atom stereocenters. The Balaban J connectivity index is 2.17. The Morgan fingerprint density at radius 3 is 2.83 bits per heavy atom. The fourth-order valence-electron chi connectivity index (χ4n) is 2.50. The van der Waals surface area contributed by atoms with Gasteiger partial charge in [-0.1, -0.05) is 0 Å². The minimum Gasteiger partial charge on any atom is -0.493 e. The SMILES string of the molecule is CCOc1ccc2c(C)cc(=O)oc2c1C(=O)/C=C/c1ccco1. The van der Waals surface area contributed by atoms with E-state index < -0.39 is 5.63 Å². The lowest BCUT2D eigenvalue weighted by Crippen LogP contribution is -2.06. The third kappa shape index (κ3) is 3.01. The zero-order valence-corrected chi connectivity index (χ0v) is 13.4. The highest BCUT2D eigenvalue weighted by Gasteiger charge is 2.18. The van der Waals surface area contributed by atoms with E-state index in [2.05, 4.69) is 0 Å². The van der Waals surface area contributed by atoms with Crippen LogP contribution < -0.4 is 10.4 Å². The Labute approximate surface area is 138 Å². The van der Waals surface area contributed by atoms with Crippen LogP contribution >= 0.6 is 0 Å². The van der Waals surface area contributed by atoms with Crippen molar-refractivity contribution in [2.24, 2.45) is 0 Å². The second-order valence-electron chi connectivity index (χ2n) is 5.21. The molecule has 2 aromatic heterocycles. The molecule has 5 nitrogen and oxygen atoms in total. The quantitative estimate of drug-likeness (QED) is 0.403. The summed E-state index contributed by atoms with van der Waals surface area (Å²) >= 11 is 0. The summed E-state index contributed by atoms with van der Waals surface area (Å²) in [6.45, 7) is 4.01. The average molecular weight is 324 g/mol. The lowest BCUT2D eigenvalue weighted by molar-refractivity contribution is 0.104. The first-order chi connectivity index (χ1) is 11.6. The van der Waals surface area contributed by atoms with Gasteiger partial charge in [0.1, 0.15) is 17.1 Å². The largest absolute Gasteiger partial charge is 0.493 e. The molecule has 2 heterocycles. The first-order valence-electron chi connectivity index (χ1n) is 7.56. The number of hydrogen-bond donors (Lipinski definition) is 0. The second kappa shape index (κ2) is 6.58. The van der Waals surface area contributed by atoms with E-state index >= 15 is 0 Å². The Morgan fingerprint density at radius 2 is 2.12 bits per heavy atom. The molecule has 0 aliphatic rings. The third-order valence-electron chi connectivity index (χ3n) is 3.57. The number of aryl methyl sites for hydroxylation is 1. The van der Waals surface area contributed by atoms with Crippen molar-refractivity contribution >= 4 is 22.8 Å². The van der Waals surface area contributed by atoms with Crippen molar-refractivity contribution in [3.8, 4) is 5.75 Å². The summed E-state index contributed by atoms with van der Waals surface area (Å²) in [7, 11) is 0. The van der Waals surface area contributed by atoms with E-state index in [0.717, 1.165) is 5.56 Å². The van der Waals surface area contributed by atoms with Gasteiger partial charge in [-0.25, -0.2) is 4.79 Å². The summed E-state index contributed by atoms with van der Waals surface area (Å²) in [5.41, 5.74) is 0.712. The highest BCUT2D eigenvalue weighted by molar-refractivity contribution is 6.15. The number of rotatable bonds is 5. The van der Waals surface area contributed by atoms with Gasteiger partial charge in [-0.05, 0) is 55.8 Å². The molecule has 0 N–H and O–H groups in total. The van der Waals surface area contributed by atoms with E-state index in [1.165, 1.54) is 18.4 Å². The number of carbonyl (C=O) groups excluding carboxylic acids is 1. The molecule has 0 fully saturated rings. The van der Waals surface area contributed by atoms with Gasteiger partial charge < -0.3 is 13.6 Å². The smallest absolute Gasteiger partial charge is 0.336 e. The zero-order valence-electron chi connectivity index (χ0n) is 13.4. The van der Waals surface area contributed by atoms with Crippen LogP contribution in [-0.2, 0) is 0 Å². The Morgan fingerprint density at radius 1 is 1.29 bits per heavy atom. The third-order valence-corrected chi connectivity index (χ3v) is 3.57. The molecule has 0 atom stereocenters. The van der Waals surface area contributed by atoms with Gasteiger partial charge in [0.05, 0.1) is 12.9 Å². The number of fused-ring (bicyclic) bond motifs is 1. The molecule has 0 saturated carbocycles. The van der Waals surface area contributed by atoms with Crippen molar-refractivity contribution < 1.29 is 18.4 Å². The van der Waals surface area contributed by atoms with Crippen molar-refractivity contribution in [2.75, 3.05) is 6.61 Å². The summed E-state index contributed by atoms with van der Waals surface area (Å²) in [6, 6.07) is 8.37. The van der Waals surface area contributed by atoms with Crippen LogP contribution in [0.25, 0.3) is 17.0 Å². The summed E-state index contributed by atoms with van der Waals surface area (Å²) in [5, 5.41) is 0.702. The van der Waals surface area contributed by atoms with Crippen LogP contribution in [0.2, 0.25) is 0 Å². The lowest BCUT2D eigenvalue weighted by Gasteiger charge is -2.11. The van der Waals surface area contributed by atoms with Crippen LogP contribution in [0, 0.1) is 6.92 Å². The van der Waals surface area contributed by atoms with Gasteiger partial charge in [-0.2, -0.15) is 0 Å². The van der Waals surface area contributed by atoms with Crippen LogP contribution in [-0.4, -0.2) is 12.4 Å². The first-order valence-corrected chi connectivity index (χ1v) is 7.56. The maximum Gasteiger partial charge on any atom is 0.336 e. The van der Waals surface area contributed by atoms with Crippen molar-refractivity contribution in [2.45, 2.75) is 13.8 Å². The Hall–Kier alpha value is -3.08. The van der Waals surface area contributed by atoms with E-state index in [4.69, 9.17) is 13.6 Å². The zero-order chi connectivity index (χ0) is 17.1. The molecule has 1 aromatic carbocycles. The van der Waals surface area contributed by atoms with E-state index in [1.807, 2.05) is 6.92 Å². The number of benzene rings is 1. The fraction of sp³-hybridized carbons (Fsp3) is 0.158. The summed E-state index contributed by atoms with van der Waals surface area (Å²) in [6.07, 6.45) is 4.46. The van der Waals surface area contributed by atoms with Crippen molar-refractivity contribution in [1.82, 2.24) is 0 Å². The van der Waals surface area contributed by atoms with Gasteiger partial charge in [0, 0.05) is 11.5 Å². The van der Waals surface area contributed by atoms with E-state index in [-0.39, 0.29) is 16.9 Å². The highest BCUT2D eigenvalue weighted by Crippen LogP contribution is 2.30. The highest BCUT2D eigenvalue weighted by atomic mass is 16.5.